The first-order valence-corrected chi connectivity index (χ1v) is 7.17. The lowest BCUT2D eigenvalue weighted by atomic mass is 9.96. The van der Waals surface area contributed by atoms with E-state index in [0.717, 1.165) is 22.3 Å². The van der Waals surface area contributed by atoms with E-state index in [0.29, 0.717) is 24.3 Å². The van der Waals surface area contributed by atoms with Crippen molar-refractivity contribution in [2.75, 3.05) is 0 Å². The molecule has 0 spiro atoms. The molecule has 2 rings (SSSR count). The number of benzene rings is 2. The largest absolute Gasteiger partial charge is 0.411 e. The van der Waals surface area contributed by atoms with E-state index in [2.05, 4.69) is 10.3 Å². The van der Waals surface area contributed by atoms with Crippen LogP contribution in [0.2, 0.25) is 0 Å². The summed E-state index contributed by atoms with van der Waals surface area (Å²) in [6.45, 7) is 4.00. The first-order chi connectivity index (χ1) is 10.7. The van der Waals surface area contributed by atoms with Crippen LogP contribution in [-0.4, -0.2) is 21.8 Å². The summed E-state index contributed by atoms with van der Waals surface area (Å²) in [6, 6.07) is 15.8. The molecular formula is C18H20N2O2. The van der Waals surface area contributed by atoms with Gasteiger partial charge in [-0.3, -0.25) is 0 Å². The first-order valence-electron chi connectivity index (χ1n) is 7.17. The quantitative estimate of drug-likeness (QED) is 0.501. The van der Waals surface area contributed by atoms with Gasteiger partial charge >= 0.3 is 0 Å². The molecule has 0 unspecified atom stereocenters. The Labute approximate surface area is 130 Å². The monoisotopic (exact) mass is 296 g/mol. The number of nitrogens with zero attached hydrogens (tertiary/aromatic N) is 2. The fraction of sp³-hybridized carbons (Fsp3) is 0.222. The second-order valence-electron chi connectivity index (χ2n) is 5.30. The maximum absolute atomic E-state index is 9.32. The average molecular weight is 296 g/mol. The Balaban J connectivity index is 2.22. The van der Waals surface area contributed by atoms with Crippen LogP contribution in [0, 0.1) is 13.8 Å². The van der Waals surface area contributed by atoms with Crippen LogP contribution in [0.4, 0.5) is 0 Å². The van der Waals surface area contributed by atoms with Gasteiger partial charge in [-0.25, -0.2) is 0 Å². The zero-order valence-corrected chi connectivity index (χ0v) is 12.8. The van der Waals surface area contributed by atoms with E-state index < -0.39 is 0 Å². The number of hydrogen-bond acceptors (Lipinski definition) is 4. The summed E-state index contributed by atoms with van der Waals surface area (Å²) < 4.78 is 0. The van der Waals surface area contributed by atoms with Crippen molar-refractivity contribution in [3.63, 3.8) is 0 Å². The molecule has 2 N–H and O–H groups in total. The zero-order chi connectivity index (χ0) is 15.9. The highest BCUT2D eigenvalue weighted by Gasteiger charge is 2.14. The minimum atomic E-state index is 0.375. The van der Waals surface area contributed by atoms with E-state index >= 15 is 0 Å². The molecule has 0 aliphatic rings. The lowest BCUT2D eigenvalue weighted by Crippen LogP contribution is -2.20. The summed E-state index contributed by atoms with van der Waals surface area (Å²) in [5.41, 5.74) is 5.05. The highest BCUT2D eigenvalue weighted by atomic mass is 16.4. The van der Waals surface area contributed by atoms with Crippen LogP contribution in [0.1, 0.15) is 22.3 Å². The van der Waals surface area contributed by atoms with Crippen molar-refractivity contribution < 1.29 is 10.4 Å². The lowest BCUT2D eigenvalue weighted by molar-refractivity contribution is 0.313. The van der Waals surface area contributed by atoms with Crippen LogP contribution in [-0.2, 0) is 12.8 Å². The standard InChI is InChI=1S/C18H20N2O2/c1-13-7-3-5-9-15(13)11-17(19-21)18(20-22)12-16-10-6-4-8-14(16)2/h3-10,21-22H,11-12H2,1-2H3/b19-17+,20-18+. The Kier molecular flexibility index (Phi) is 5.31. The van der Waals surface area contributed by atoms with Crippen molar-refractivity contribution in [1.29, 1.82) is 0 Å². The van der Waals surface area contributed by atoms with Crippen LogP contribution in [0.25, 0.3) is 0 Å². The fourth-order valence-corrected chi connectivity index (χ4v) is 2.37. The number of oxime groups is 2. The molecule has 4 heteroatoms. The van der Waals surface area contributed by atoms with E-state index in [4.69, 9.17) is 0 Å². The smallest absolute Gasteiger partial charge is 0.109 e. The topological polar surface area (TPSA) is 65.2 Å². The predicted molar refractivity (Wildman–Crippen MR) is 88.2 cm³/mol. The third kappa shape index (κ3) is 3.73. The van der Waals surface area contributed by atoms with Crippen molar-refractivity contribution in [2.24, 2.45) is 10.3 Å². The van der Waals surface area contributed by atoms with Crippen LogP contribution in [0.5, 0.6) is 0 Å². The maximum atomic E-state index is 9.32. The molecule has 2 aromatic rings. The molecule has 22 heavy (non-hydrogen) atoms. The molecule has 114 valence electrons. The maximum Gasteiger partial charge on any atom is 0.109 e. The molecule has 0 heterocycles. The SMILES string of the molecule is Cc1ccccc1CC(=N\O)/C(Cc1ccccc1C)=N/O. The second kappa shape index (κ2) is 7.41. The van der Waals surface area contributed by atoms with Gasteiger partial charge in [0.2, 0.25) is 0 Å². The molecule has 2 aromatic carbocycles. The van der Waals surface area contributed by atoms with Gasteiger partial charge in [-0.15, -0.1) is 0 Å². The number of hydrogen-bond donors (Lipinski definition) is 2. The number of aryl methyl sites for hydroxylation is 2. The molecule has 4 nitrogen and oxygen atoms in total. The van der Waals surface area contributed by atoms with E-state index in [-0.39, 0.29) is 0 Å². The van der Waals surface area contributed by atoms with Gasteiger partial charge in [0.25, 0.3) is 0 Å². The molecule has 0 aromatic heterocycles. The third-order valence-electron chi connectivity index (χ3n) is 3.81. The van der Waals surface area contributed by atoms with Crippen LogP contribution in [0.15, 0.2) is 58.8 Å². The molecule has 0 aliphatic heterocycles. The van der Waals surface area contributed by atoms with E-state index in [1.807, 2.05) is 62.4 Å². The highest BCUT2D eigenvalue weighted by molar-refractivity contribution is 6.42. The van der Waals surface area contributed by atoms with Crippen molar-refractivity contribution in [1.82, 2.24) is 0 Å². The van der Waals surface area contributed by atoms with Crippen molar-refractivity contribution >= 4 is 11.4 Å². The average Bonchev–Trinajstić information content (AvgIpc) is 2.54. The van der Waals surface area contributed by atoms with Gasteiger partial charge in [-0.05, 0) is 36.1 Å². The molecular weight excluding hydrogens is 276 g/mol. The third-order valence-corrected chi connectivity index (χ3v) is 3.81. The van der Waals surface area contributed by atoms with Crippen molar-refractivity contribution in [3.05, 3.63) is 70.8 Å². The normalized spacial score (nSPS) is 12.5. The molecule has 0 atom stereocenters. The molecule has 0 saturated carbocycles. The predicted octanol–water partition coefficient (Wildman–Crippen LogP) is 3.75. The minimum absolute atomic E-state index is 0.375. The van der Waals surface area contributed by atoms with Crippen LogP contribution >= 0.6 is 0 Å². The molecule has 0 fully saturated rings. The first kappa shape index (κ1) is 15.8. The Morgan fingerprint density at radius 3 is 1.41 bits per heavy atom. The van der Waals surface area contributed by atoms with E-state index in [1.165, 1.54) is 0 Å². The van der Waals surface area contributed by atoms with Gasteiger partial charge in [-0.1, -0.05) is 58.8 Å². The lowest BCUT2D eigenvalue weighted by Gasteiger charge is -2.10. The molecule has 0 bridgehead atoms. The van der Waals surface area contributed by atoms with Gasteiger partial charge in [-0.2, -0.15) is 0 Å². The van der Waals surface area contributed by atoms with E-state index in [9.17, 15) is 10.4 Å². The molecule has 0 aliphatic carbocycles. The van der Waals surface area contributed by atoms with Crippen LogP contribution < -0.4 is 0 Å². The van der Waals surface area contributed by atoms with Gasteiger partial charge in [0, 0.05) is 12.8 Å². The molecule has 0 saturated heterocycles. The summed E-state index contributed by atoms with van der Waals surface area (Å²) >= 11 is 0. The Bertz CT molecular complexity index is 644. The molecule has 0 amide bonds. The number of rotatable bonds is 5. The summed E-state index contributed by atoms with van der Waals surface area (Å²) in [6.07, 6.45) is 0.850. The van der Waals surface area contributed by atoms with Crippen molar-refractivity contribution in [3.8, 4) is 0 Å². The second-order valence-corrected chi connectivity index (χ2v) is 5.30. The zero-order valence-electron chi connectivity index (χ0n) is 12.8. The summed E-state index contributed by atoms with van der Waals surface area (Å²) in [5.74, 6) is 0. The highest BCUT2D eigenvalue weighted by Crippen LogP contribution is 2.13. The summed E-state index contributed by atoms with van der Waals surface area (Å²) in [5, 5.41) is 25.3. The fourth-order valence-electron chi connectivity index (χ4n) is 2.37. The summed E-state index contributed by atoms with van der Waals surface area (Å²) in [7, 11) is 0. The minimum Gasteiger partial charge on any atom is -0.411 e. The molecule has 0 radical (unpaired) electrons. The van der Waals surface area contributed by atoms with Gasteiger partial charge in [0.05, 0.1) is 0 Å². The van der Waals surface area contributed by atoms with Crippen LogP contribution in [0.3, 0.4) is 0 Å². The Hall–Kier alpha value is -2.62. The van der Waals surface area contributed by atoms with Crippen molar-refractivity contribution in [2.45, 2.75) is 26.7 Å². The van der Waals surface area contributed by atoms with Gasteiger partial charge < -0.3 is 10.4 Å². The Morgan fingerprint density at radius 1 is 0.727 bits per heavy atom. The van der Waals surface area contributed by atoms with E-state index in [1.54, 1.807) is 0 Å². The Morgan fingerprint density at radius 2 is 1.09 bits per heavy atom. The summed E-state index contributed by atoms with van der Waals surface area (Å²) in [4.78, 5) is 0. The van der Waals surface area contributed by atoms with Gasteiger partial charge in [0.15, 0.2) is 0 Å². The van der Waals surface area contributed by atoms with Gasteiger partial charge in [0.1, 0.15) is 11.4 Å².